The van der Waals surface area contributed by atoms with Gasteiger partial charge in [0.25, 0.3) is 5.91 Å². The first-order chi connectivity index (χ1) is 11.1. The molecule has 0 aliphatic carbocycles. The molecule has 122 valence electrons. The van der Waals surface area contributed by atoms with E-state index in [0.29, 0.717) is 17.0 Å². The summed E-state index contributed by atoms with van der Waals surface area (Å²) in [5.41, 5.74) is 1.73. The molecule has 1 N–H and O–H groups in total. The monoisotopic (exact) mass is 333 g/mol. The number of hydrogen-bond acceptors (Lipinski definition) is 7. The maximum Gasteiger partial charge on any atom is 0.264 e. The minimum Gasteiger partial charge on any atom is -0.467 e. The van der Waals surface area contributed by atoms with Crippen molar-refractivity contribution in [3.8, 4) is 5.88 Å². The third kappa shape index (κ3) is 3.76. The zero-order chi connectivity index (χ0) is 16.2. The van der Waals surface area contributed by atoms with E-state index in [1.165, 1.54) is 11.3 Å². The zero-order valence-corrected chi connectivity index (χ0v) is 14.0. The molecule has 8 heteroatoms. The van der Waals surface area contributed by atoms with Crippen LogP contribution in [-0.4, -0.2) is 40.6 Å². The van der Waals surface area contributed by atoms with E-state index in [2.05, 4.69) is 25.2 Å². The molecule has 7 nitrogen and oxygen atoms in total. The largest absolute Gasteiger partial charge is 0.467 e. The lowest BCUT2D eigenvalue weighted by Crippen LogP contribution is -2.23. The Balaban J connectivity index is 1.67. The molecular weight excluding hydrogens is 314 g/mol. The minimum absolute atomic E-state index is 0.101. The Bertz CT molecular complexity index is 683. The van der Waals surface area contributed by atoms with E-state index >= 15 is 0 Å². The van der Waals surface area contributed by atoms with Crippen LogP contribution in [-0.2, 0) is 4.79 Å². The highest BCUT2D eigenvalue weighted by atomic mass is 32.1. The average molecular weight is 333 g/mol. The Kier molecular flexibility index (Phi) is 4.71. The smallest absolute Gasteiger partial charge is 0.264 e. The van der Waals surface area contributed by atoms with Crippen molar-refractivity contribution in [2.24, 2.45) is 0 Å². The Hall–Kier alpha value is -2.22. The molecule has 1 saturated heterocycles. The van der Waals surface area contributed by atoms with Gasteiger partial charge in [-0.15, -0.1) is 11.3 Å². The average Bonchev–Trinajstić information content (AvgIpc) is 3.21. The highest BCUT2D eigenvalue weighted by Crippen LogP contribution is 2.23. The standard InChI is InChI=1S/C15H19N5O2S/c1-10-11(2)17-14(20-6-3-4-7-20)19-13(10)22-9-12(21)18-15-16-5-8-23-15/h5,8H,3-4,6-7,9H2,1-2H3,(H,16,18,21). The van der Waals surface area contributed by atoms with E-state index in [-0.39, 0.29) is 12.5 Å². The third-order valence-electron chi connectivity index (χ3n) is 3.74. The van der Waals surface area contributed by atoms with Crippen LogP contribution in [0, 0.1) is 13.8 Å². The molecule has 1 fully saturated rings. The highest BCUT2D eigenvalue weighted by Gasteiger charge is 2.18. The molecule has 0 spiro atoms. The summed E-state index contributed by atoms with van der Waals surface area (Å²) in [6.45, 7) is 5.66. The fourth-order valence-electron chi connectivity index (χ4n) is 2.36. The summed E-state index contributed by atoms with van der Waals surface area (Å²) in [5.74, 6) is 0.896. The third-order valence-corrected chi connectivity index (χ3v) is 4.43. The summed E-state index contributed by atoms with van der Waals surface area (Å²) in [6.07, 6.45) is 3.95. The van der Waals surface area contributed by atoms with Crippen LogP contribution in [0.25, 0.3) is 0 Å². The Labute approximate surface area is 138 Å². The molecule has 2 aromatic heterocycles. The van der Waals surface area contributed by atoms with Crippen LogP contribution in [0.15, 0.2) is 11.6 Å². The Morgan fingerprint density at radius 1 is 1.35 bits per heavy atom. The number of anilines is 2. The van der Waals surface area contributed by atoms with Crippen LogP contribution in [0.3, 0.4) is 0 Å². The van der Waals surface area contributed by atoms with Gasteiger partial charge in [-0.2, -0.15) is 4.98 Å². The molecule has 1 amide bonds. The molecule has 0 aromatic carbocycles. The van der Waals surface area contributed by atoms with E-state index in [9.17, 15) is 4.79 Å². The fraction of sp³-hybridized carbons (Fsp3) is 0.467. The maximum absolute atomic E-state index is 11.9. The number of nitrogens with zero attached hydrogens (tertiary/aromatic N) is 4. The Morgan fingerprint density at radius 2 is 2.13 bits per heavy atom. The SMILES string of the molecule is Cc1nc(N2CCCC2)nc(OCC(=O)Nc2nccs2)c1C. The normalized spacial score (nSPS) is 14.1. The molecule has 0 unspecified atom stereocenters. The Morgan fingerprint density at radius 3 is 2.83 bits per heavy atom. The van der Waals surface area contributed by atoms with Crippen LogP contribution in [0.2, 0.25) is 0 Å². The maximum atomic E-state index is 11.9. The number of ether oxygens (including phenoxy) is 1. The molecule has 3 rings (SSSR count). The van der Waals surface area contributed by atoms with Gasteiger partial charge in [-0.05, 0) is 26.7 Å². The fourth-order valence-corrected chi connectivity index (χ4v) is 2.91. The summed E-state index contributed by atoms with van der Waals surface area (Å²) >= 11 is 1.37. The summed E-state index contributed by atoms with van der Waals surface area (Å²) in [5, 5.41) is 5.05. The summed E-state index contributed by atoms with van der Waals surface area (Å²) in [7, 11) is 0. The van der Waals surface area contributed by atoms with Crippen molar-refractivity contribution >= 4 is 28.3 Å². The summed E-state index contributed by atoms with van der Waals surface area (Å²) in [6, 6.07) is 0. The number of thiazole rings is 1. The van der Waals surface area contributed by atoms with E-state index in [0.717, 1.165) is 37.2 Å². The van der Waals surface area contributed by atoms with Crippen molar-refractivity contribution in [2.75, 3.05) is 29.9 Å². The van der Waals surface area contributed by atoms with E-state index in [1.54, 1.807) is 11.6 Å². The van der Waals surface area contributed by atoms with Gasteiger partial charge in [-0.3, -0.25) is 10.1 Å². The molecule has 0 atom stereocenters. The van der Waals surface area contributed by atoms with Crippen molar-refractivity contribution in [1.82, 2.24) is 15.0 Å². The first kappa shape index (κ1) is 15.7. The summed E-state index contributed by atoms with van der Waals surface area (Å²) in [4.78, 5) is 27.1. The topological polar surface area (TPSA) is 80.2 Å². The van der Waals surface area contributed by atoms with Crippen LogP contribution >= 0.6 is 11.3 Å². The molecule has 0 bridgehead atoms. The van der Waals surface area contributed by atoms with Gasteiger partial charge in [0, 0.05) is 35.9 Å². The first-order valence-corrected chi connectivity index (χ1v) is 8.44. The van der Waals surface area contributed by atoms with Crippen molar-refractivity contribution in [3.63, 3.8) is 0 Å². The lowest BCUT2D eigenvalue weighted by Gasteiger charge is -2.18. The van der Waals surface area contributed by atoms with Crippen LogP contribution in [0.4, 0.5) is 11.1 Å². The van der Waals surface area contributed by atoms with Crippen LogP contribution in [0.1, 0.15) is 24.1 Å². The second-order valence-electron chi connectivity index (χ2n) is 5.41. The quantitative estimate of drug-likeness (QED) is 0.903. The predicted molar refractivity (Wildman–Crippen MR) is 89.2 cm³/mol. The van der Waals surface area contributed by atoms with Gasteiger partial charge >= 0.3 is 0 Å². The van der Waals surface area contributed by atoms with Gasteiger partial charge in [0.2, 0.25) is 11.8 Å². The lowest BCUT2D eigenvalue weighted by atomic mass is 10.2. The molecule has 2 aromatic rings. The molecule has 1 aliphatic heterocycles. The predicted octanol–water partition coefficient (Wildman–Crippen LogP) is 2.17. The van der Waals surface area contributed by atoms with Crippen LogP contribution in [0.5, 0.6) is 5.88 Å². The second-order valence-corrected chi connectivity index (χ2v) is 6.30. The van der Waals surface area contributed by atoms with Crippen molar-refractivity contribution in [1.29, 1.82) is 0 Å². The highest BCUT2D eigenvalue weighted by molar-refractivity contribution is 7.13. The molecule has 0 radical (unpaired) electrons. The van der Waals surface area contributed by atoms with Gasteiger partial charge in [0.15, 0.2) is 11.7 Å². The number of carbonyl (C=O) groups excluding carboxylic acids is 1. The lowest BCUT2D eigenvalue weighted by molar-refractivity contribution is -0.118. The molecular formula is C15H19N5O2S. The molecule has 3 heterocycles. The minimum atomic E-state index is -0.252. The number of amides is 1. The second kappa shape index (κ2) is 6.91. The molecule has 0 saturated carbocycles. The molecule has 1 aliphatic rings. The number of carbonyl (C=O) groups is 1. The van der Waals surface area contributed by atoms with Gasteiger partial charge in [0.1, 0.15) is 0 Å². The van der Waals surface area contributed by atoms with Gasteiger partial charge in [-0.25, -0.2) is 9.97 Å². The van der Waals surface area contributed by atoms with Gasteiger partial charge < -0.3 is 9.64 Å². The van der Waals surface area contributed by atoms with Gasteiger partial charge in [0.05, 0.1) is 0 Å². The number of hydrogen-bond donors (Lipinski definition) is 1. The molecule has 23 heavy (non-hydrogen) atoms. The van der Waals surface area contributed by atoms with Crippen LogP contribution < -0.4 is 15.0 Å². The van der Waals surface area contributed by atoms with Gasteiger partial charge in [-0.1, -0.05) is 0 Å². The van der Waals surface area contributed by atoms with E-state index < -0.39 is 0 Å². The van der Waals surface area contributed by atoms with Crippen molar-refractivity contribution < 1.29 is 9.53 Å². The summed E-state index contributed by atoms with van der Waals surface area (Å²) < 4.78 is 5.62. The van der Waals surface area contributed by atoms with E-state index in [4.69, 9.17) is 4.74 Å². The number of rotatable bonds is 5. The van der Waals surface area contributed by atoms with E-state index in [1.807, 2.05) is 13.8 Å². The zero-order valence-electron chi connectivity index (χ0n) is 13.2. The number of aryl methyl sites for hydroxylation is 1. The number of aromatic nitrogens is 3. The van der Waals surface area contributed by atoms with Crippen molar-refractivity contribution in [2.45, 2.75) is 26.7 Å². The van der Waals surface area contributed by atoms with Crippen molar-refractivity contribution in [3.05, 3.63) is 22.8 Å². The number of nitrogens with one attached hydrogen (secondary N) is 1. The first-order valence-electron chi connectivity index (χ1n) is 7.56.